The largest absolute Gasteiger partial charge is 0.494 e. The summed E-state index contributed by atoms with van der Waals surface area (Å²) in [6.07, 6.45) is 2.83. The molecule has 0 amide bonds. The van der Waals surface area contributed by atoms with Gasteiger partial charge < -0.3 is 9.31 Å². The Morgan fingerprint density at radius 1 is 0.920 bits per heavy atom. The molecule has 0 radical (unpaired) electrons. The molecule has 3 aliphatic rings. The molecule has 4 rings (SSSR count). The van der Waals surface area contributed by atoms with Crippen molar-refractivity contribution in [3.8, 4) is 0 Å². The monoisotopic (exact) mass is 342 g/mol. The quantitative estimate of drug-likeness (QED) is 0.784. The molecule has 0 spiro atoms. The molecule has 136 valence electrons. The van der Waals surface area contributed by atoms with Gasteiger partial charge in [0.25, 0.3) is 0 Å². The van der Waals surface area contributed by atoms with Crippen molar-refractivity contribution in [3.05, 3.63) is 29.8 Å². The molecule has 0 unspecified atom stereocenters. The van der Waals surface area contributed by atoms with E-state index in [2.05, 4.69) is 61.8 Å². The van der Waals surface area contributed by atoms with Crippen LogP contribution >= 0.6 is 0 Å². The SMILES string of the molecule is CC1(C)OB(c2ccc(CN3CCN(C4CC4)CC3)cc2)OC1(C)C. The fourth-order valence-corrected chi connectivity index (χ4v) is 3.74. The van der Waals surface area contributed by atoms with Crippen LogP contribution in [0.15, 0.2) is 24.3 Å². The van der Waals surface area contributed by atoms with Crippen LogP contribution < -0.4 is 5.46 Å². The second-order valence-corrected chi connectivity index (χ2v) is 8.87. The van der Waals surface area contributed by atoms with Crippen molar-refractivity contribution >= 4 is 12.6 Å². The first-order valence-electron chi connectivity index (χ1n) is 9.75. The number of hydrogen-bond acceptors (Lipinski definition) is 4. The van der Waals surface area contributed by atoms with Crippen LogP contribution in [-0.2, 0) is 15.9 Å². The maximum Gasteiger partial charge on any atom is 0.494 e. The molecule has 0 N–H and O–H groups in total. The third-order valence-electron chi connectivity index (χ3n) is 6.38. The maximum absolute atomic E-state index is 6.14. The molecule has 25 heavy (non-hydrogen) atoms. The van der Waals surface area contributed by atoms with Crippen LogP contribution in [0.25, 0.3) is 0 Å². The number of benzene rings is 1. The molecule has 5 heteroatoms. The van der Waals surface area contributed by atoms with Crippen molar-refractivity contribution in [3.63, 3.8) is 0 Å². The van der Waals surface area contributed by atoms with E-state index in [0.717, 1.165) is 18.0 Å². The number of piperazine rings is 1. The first-order valence-corrected chi connectivity index (χ1v) is 9.75. The van der Waals surface area contributed by atoms with Crippen molar-refractivity contribution < 1.29 is 9.31 Å². The van der Waals surface area contributed by atoms with Crippen LogP contribution in [0.1, 0.15) is 46.1 Å². The lowest BCUT2D eigenvalue weighted by atomic mass is 9.79. The molecule has 3 fully saturated rings. The van der Waals surface area contributed by atoms with Gasteiger partial charge in [0, 0.05) is 38.8 Å². The van der Waals surface area contributed by atoms with Gasteiger partial charge in [-0.1, -0.05) is 24.3 Å². The van der Waals surface area contributed by atoms with Gasteiger partial charge >= 0.3 is 7.12 Å². The van der Waals surface area contributed by atoms with Crippen molar-refractivity contribution in [2.24, 2.45) is 0 Å². The Kier molecular flexibility index (Phi) is 4.47. The molecule has 1 aromatic rings. The van der Waals surface area contributed by atoms with E-state index in [-0.39, 0.29) is 18.3 Å². The summed E-state index contributed by atoms with van der Waals surface area (Å²) in [5, 5.41) is 0. The second-order valence-electron chi connectivity index (χ2n) is 8.87. The molecule has 0 atom stereocenters. The molecule has 0 aromatic heterocycles. The molecule has 1 saturated carbocycles. The van der Waals surface area contributed by atoms with Gasteiger partial charge in [0.05, 0.1) is 11.2 Å². The van der Waals surface area contributed by atoms with E-state index in [1.54, 1.807) is 0 Å². The zero-order chi connectivity index (χ0) is 17.7. The molecule has 0 bridgehead atoms. The summed E-state index contributed by atoms with van der Waals surface area (Å²) in [4.78, 5) is 5.24. The number of hydrogen-bond donors (Lipinski definition) is 0. The Morgan fingerprint density at radius 3 is 2.00 bits per heavy atom. The number of nitrogens with zero attached hydrogens (tertiary/aromatic N) is 2. The standard InChI is InChI=1S/C20H31BN2O2/c1-19(2)20(3,4)25-21(24-19)17-7-5-16(6-8-17)15-22-11-13-23(14-12-22)18-9-10-18/h5-8,18H,9-15H2,1-4H3. The van der Waals surface area contributed by atoms with E-state index >= 15 is 0 Å². The highest BCUT2D eigenvalue weighted by atomic mass is 16.7. The van der Waals surface area contributed by atoms with Crippen LogP contribution in [0.4, 0.5) is 0 Å². The summed E-state index contributed by atoms with van der Waals surface area (Å²) < 4.78 is 12.3. The van der Waals surface area contributed by atoms with E-state index in [4.69, 9.17) is 9.31 Å². The average molecular weight is 342 g/mol. The smallest absolute Gasteiger partial charge is 0.399 e. The highest BCUT2D eigenvalue weighted by molar-refractivity contribution is 6.62. The topological polar surface area (TPSA) is 24.9 Å². The molecular formula is C20H31BN2O2. The minimum absolute atomic E-state index is 0.263. The van der Waals surface area contributed by atoms with E-state index < -0.39 is 0 Å². The van der Waals surface area contributed by atoms with E-state index in [9.17, 15) is 0 Å². The minimum atomic E-state index is -0.280. The Hall–Kier alpha value is -0.875. The van der Waals surface area contributed by atoms with Crippen LogP contribution in [0.2, 0.25) is 0 Å². The highest BCUT2D eigenvalue weighted by Gasteiger charge is 2.51. The summed E-state index contributed by atoms with van der Waals surface area (Å²) in [5.41, 5.74) is 1.93. The Balaban J connectivity index is 1.33. The summed E-state index contributed by atoms with van der Waals surface area (Å²) in [6.45, 7) is 14.3. The fourth-order valence-electron chi connectivity index (χ4n) is 3.74. The lowest BCUT2D eigenvalue weighted by Gasteiger charge is -2.34. The summed E-state index contributed by atoms with van der Waals surface area (Å²) >= 11 is 0. The summed E-state index contributed by atoms with van der Waals surface area (Å²) in [7, 11) is -0.263. The van der Waals surface area contributed by atoms with E-state index in [0.29, 0.717) is 0 Å². The molecular weight excluding hydrogens is 311 g/mol. The van der Waals surface area contributed by atoms with Gasteiger partial charge in [-0.2, -0.15) is 0 Å². The van der Waals surface area contributed by atoms with Gasteiger partial charge in [-0.25, -0.2) is 0 Å². The minimum Gasteiger partial charge on any atom is -0.399 e. The first-order chi connectivity index (χ1) is 11.8. The van der Waals surface area contributed by atoms with E-state index in [1.165, 1.54) is 44.6 Å². The maximum atomic E-state index is 6.14. The zero-order valence-electron chi connectivity index (χ0n) is 16.1. The van der Waals surface area contributed by atoms with Gasteiger partial charge in [-0.3, -0.25) is 9.80 Å². The highest BCUT2D eigenvalue weighted by Crippen LogP contribution is 2.36. The Bertz CT molecular complexity index is 589. The summed E-state index contributed by atoms with van der Waals surface area (Å²) in [5.74, 6) is 0. The normalized spacial score (nSPS) is 27.0. The zero-order valence-corrected chi connectivity index (χ0v) is 16.1. The van der Waals surface area contributed by atoms with Gasteiger partial charge in [0.1, 0.15) is 0 Å². The predicted octanol–water partition coefficient (Wildman–Crippen LogP) is 2.27. The average Bonchev–Trinajstić information content (AvgIpc) is 3.37. The third kappa shape index (κ3) is 3.66. The Labute approximate surface area is 152 Å². The Morgan fingerprint density at radius 2 is 1.48 bits per heavy atom. The van der Waals surface area contributed by atoms with Crippen molar-refractivity contribution in [2.45, 2.75) is 64.3 Å². The van der Waals surface area contributed by atoms with Crippen molar-refractivity contribution in [1.82, 2.24) is 9.80 Å². The molecule has 1 aliphatic carbocycles. The van der Waals surface area contributed by atoms with Crippen LogP contribution in [0, 0.1) is 0 Å². The fraction of sp³-hybridized carbons (Fsp3) is 0.700. The van der Waals surface area contributed by atoms with Gasteiger partial charge in [-0.15, -0.1) is 0 Å². The molecule has 1 aromatic carbocycles. The summed E-state index contributed by atoms with van der Waals surface area (Å²) in [6, 6.07) is 9.69. The van der Waals surface area contributed by atoms with Crippen LogP contribution in [0.5, 0.6) is 0 Å². The molecule has 2 saturated heterocycles. The van der Waals surface area contributed by atoms with Crippen LogP contribution in [-0.4, -0.2) is 60.3 Å². The van der Waals surface area contributed by atoms with Gasteiger partial charge in [-0.05, 0) is 51.6 Å². The van der Waals surface area contributed by atoms with Crippen molar-refractivity contribution in [1.29, 1.82) is 0 Å². The first kappa shape index (κ1) is 17.5. The van der Waals surface area contributed by atoms with Crippen LogP contribution in [0.3, 0.4) is 0 Å². The lowest BCUT2D eigenvalue weighted by molar-refractivity contribution is 0.00578. The number of rotatable bonds is 4. The van der Waals surface area contributed by atoms with Gasteiger partial charge in [0.15, 0.2) is 0 Å². The third-order valence-corrected chi connectivity index (χ3v) is 6.38. The molecule has 2 aliphatic heterocycles. The van der Waals surface area contributed by atoms with E-state index in [1.807, 2.05) is 0 Å². The van der Waals surface area contributed by atoms with Crippen molar-refractivity contribution in [2.75, 3.05) is 26.2 Å². The molecule has 4 nitrogen and oxygen atoms in total. The van der Waals surface area contributed by atoms with Gasteiger partial charge in [0.2, 0.25) is 0 Å². The second kappa shape index (κ2) is 6.38. The molecule has 2 heterocycles. The lowest BCUT2D eigenvalue weighted by Crippen LogP contribution is -2.46. The predicted molar refractivity (Wildman–Crippen MR) is 102 cm³/mol.